The van der Waals surface area contributed by atoms with Gasteiger partial charge in [-0.25, -0.2) is 8.78 Å². The van der Waals surface area contributed by atoms with E-state index >= 15 is 0 Å². The summed E-state index contributed by atoms with van der Waals surface area (Å²) >= 11 is 0. The minimum atomic E-state index is -0.867. The summed E-state index contributed by atoms with van der Waals surface area (Å²) in [4.78, 5) is 4.27. The highest BCUT2D eigenvalue weighted by atomic mass is 127. The molecule has 1 aromatic carbocycles. The molecule has 1 aromatic heterocycles. The number of halogens is 3. The van der Waals surface area contributed by atoms with Gasteiger partial charge in [0, 0.05) is 18.2 Å². The summed E-state index contributed by atoms with van der Waals surface area (Å²) in [7, 11) is 0. The lowest BCUT2D eigenvalue weighted by Gasteiger charge is -2.19. The minimum Gasteiger partial charge on any atom is -0.467 e. The first kappa shape index (κ1) is 21.4. The van der Waals surface area contributed by atoms with E-state index in [2.05, 4.69) is 15.6 Å². The number of aliphatic hydroxyl groups is 1. The Kier molecular flexibility index (Phi) is 8.84. The Morgan fingerprint density at radius 1 is 1.32 bits per heavy atom. The Morgan fingerprint density at radius 2 is 2.08 bits per heavy atom. The van der Waals surface area contributed by atoms with E-state index in [1.54, 1.807) is 19.1 Å². The molecule has 0 aliphatic rings. The van der Waals surface area contributed by atoms with Crippen LogP contribution in [0.3, 0.4) is 0 Å². The number of furan rings is 1. The predicted molar refractivity (Wildman–Crippen MR) is 103 cm³/mol. The van der Waals surface area contributed by atoms with Crippen LogP contribution in [-0.4, -0.2) is 24.2 Å². The molecule has 0 bridgehead atoms. The zero-order valence-electron chi connectivity index (χ0n) is 14.0. The first-order valence-corrected chi connectivity index (χ1v) is 7.72. The maximum Gasteiger partial charge on any atom is 0.191 e. The predicted octanol–water partition coefficient (Wildman–Crippen LogP) is 3.53. The van der Waals surface area contributed by atoms with Gasteiger partial charge in [0.2, 0.25) is 0 Å². The second-order valence-electron chi connectivity index (χ2n) is 5.28. The standard InChI is InChI=1S/C17H21F2N3O2.HI/c1-3-20-17(21-10-15(23)16-5-4-8-24-16)22-11(2)13-7-6-12(18)9-14(13)19;/h4-9,11,15,23H,3,10H2,1-2H3,(H2,20,21,22);1H. The van der Waals surface area contributed by atoms with Gasteiger partial charge in [-0.15, -0.1) is 24.0 Å². The van der Waals surface area contributed by atoms with E-state index in [1.165, 1.54) is 18.4 Å². The van der Waals surface area contributed by atoms with Gasteiger partial charge in [0.05, 0.1) is 18.8 Å². The number of nitrogens with one attached hydrogen (secondary N) is 2. The number of hydrogen-bond acceptors (Lipinski definition) is 3. The van der Waals surface area contributed by atoms with Crippen LogP contribution in [0.1, 0.15) is 37.3 Å². The summed E-state index contributed by atoms with van der Waals surface area (Å²) in [6.07, 6.45) is 0.610. The molecule has 0 aliphatic carbocycles. The third kappa shape index (κ3) is 6.28. The number of benzene rings is 1. The van der Waals surface area contributed by atoms with Gasteiger partial charge in [0.15, 0.2) is 5.96 Å². The highest BCUT2D eigenvalue weighted by molar-refractivity contribution is 14.0. The van der Waals surface area contributed by atoms with Gasteiger partial charge >= 0.3 is 0 Å². The number of aliphatic imine (C=N–C) groups is 1. The van der Waals surface area contributed by atoms with Gasteiger partial charge in [-0.2, -0.15) is 0 Å². The maximum absolute atomic E-state index is 13.8. The lowest BCUT2D eigenvalue weighted by atomic mass is 10.1. The van der Waals surface area contributed by atoms with Crippen LogP contribution >= 0.6 is 24.0 Å². The fraction of sp³-hybridized carbons (Fsp3) is 0.353. The minimum absolute atomic E-state index is 0. The quantitative estimate of drug-likeness (QED) is 0.347. The molecule has 0 saturated carbocycles. The fourth-order valence-corrected chi connectivity index (χ4v) is 2.20. The summed E-state index contributed by atoms with van der Waals surface area (Å²) < 4.78 is 32.0. The van der Waals surface area contributed by atoms with E-state index in [0.717, 1.165) is 6.07 Å². The molecule has 1 heterocycles. The molecule has 3 N–H and O–H groups in total. The maximum atomic E-state index is 13.8. The summed E-state index contributed by atoms with van der Waals surface area (Å²) in [5.41, 5.74) is 0.327. The van der Waals surface area contributed by atoms with E-state index < -0.39 is 23.8 Å². The molecule has 2 rings (SSSR count). The van der Waals surface area contributed by atoms with Gasteiger partial charge in [-0.3, -0.25) is 4.99 Å². The monoisotopic (exact) mass is 465 g/mol. The van der Waals surface area contributed by atoms with Crippen LogP contribution in [0.4, 0.5) is 8.78 Å². The molecule has 0 radical (unpaired) electrons. The van der Waals surface area contributed by atoms with Gasteiger partial charge in [-0.1, -0.05) is 6.07 Å². The van der Waals surface area contributed by atoms with E-state index in [-0.39, 0.29) is 30.5 Å². The van der Waals surface area contributed by atoms with Crippen molar-refractivity contribution in [2.45, 2.75) is 26.0 Å². The highest BCUT2D eigenvalue weighted by Crippen LogP contribution is 2.18. The van der Waals surface area contributed by atoms with Gasteiger partial charge in [-0.05, 0) is 32.0 Å². The molecule has 0 saturated heterocycles. The normalized spacial score (nSPS) is 13.7. The number of hydrogen-bond donors (Lipinski definition) is 3. The molecule has 138 valence electrons. The molecular weight excluding hydrogens is 443 g/mol. The molecule has 25 heavy (non-hydrogen) atoms. The lowest BCUT2D eigenvalue weighted by molar-refractivity contribution is 0.158. The Hall–Kier alpha value is -1.68. The average molecular weight is 465 g/mol. The topological polar surface area (TPSA) is 69.8 Å². The molecule has 0 amide bonds. The van der Waals surface area contributed by atoms with Crippen LogP contribution in [0.25, 0.3) is 0 Å². The first-order chi connectivity index (χ1) is 11.5. The van der Waals surface area contributed by atoms with Crippen LogP contribution in [0.15, 0.2) is 46.0 Å². The van der Waals surface area contributed by atoms with Crippen molar-refractivity contribution in [1.29, 1.82) is 0 Å². The molecule has 2 aromatic rings. The SMILES string of the molecule is CCNC(=NCC(O)c1ccco1)NC(C)c1ccc(F)cc1F.I. The number of nitrogens with zero attached hydrogens (tertiary/aromatic N) is 1. The van der Waals surface area contributed by atoms with E-state index in [9.17, 15) is 13.9 Å². The van der Waals surface area contributed by atoms with Crippen LogP contribution in [0.2, 0.25) is 0 Å². The van der Waals surface area contributed by atoms with Crippen molar-refractivity contribution in [3.63, 3.8) is 0 Å². The van der Waals surface area contributed by atoms with Crippen molar-refractivity contribution < 1.29 is 18.3 Å². The van der Waals surface area contributed by atoms with Gasteiger partial charge < -0.3 is 20.2 Å². The van der Waals surface area contributed by atoms with Crippen molar-refractivity contribution >= 4 is 29.9 Å². The number of guanidine groups is 1. The van der Waals surface area contributed by atoms with E-state index in [4.69, 9.17) is 4.42 Å². The number of aliphatic hydroxyl groups excluding tert-OH is 1. The Morgan fingerprint density at radius 3 is 2.68 bits per heavy atom. The van der Waals surface area contributed by atoms with Gasteiger partial charge in [0.1, 0.15) is 23.5 Å². The van der Waals surface area contributed by atoms with Crippen molar-refractivity contribution in [3.05, 3.63) is 59.6 Å². The van der Waals surface area contributed by atoms with Crippen molar-refractivity contribution in [3.8, 4) is 0 Å². The average Bonchev–Trinajstić information content (AvgIpc) is 3.06. The molecule has 0 spiro atoms. The Labute approximate surface area is 162 Å². The zero-order valence-corrected chi connectivity index (χ0v) is 16.3. The van der Waals surface area contributed by atoms with Gasteiger partial charge in [0.25, 0.3) is 0 Å². The molecule has 2 unspecified atom stereocenters. The van der Waals surface area contributed by atoms with Crippen LogP contribution < -0.4 is 10.6 Å². The third-order valence-corrected chi connectivity index (χ3v) is 3.42. The van der Waals surface area contributed by atoms with Crippen LogP contribution in [-0.2, 0) is 0 Å². The Bertz CT molecular complexity index is 681. The van der Waals surface area contributed by atoms with E-state index in [0.29, 0.717) is 23.8 Å². The molecule has 0 aliphatic heterocycles. The second-order valence-corrected chi connectivity index (χ2v) is 5.28. The summed E-state index contributed by atoms with van der Waals surface area (Å²) in [6.45, 7) is 4.32. The van der Waals surface area contributed by atoms with Crippen molar-refractivity contribution in [1.82, 2.24) is 10.6 Å². The lowest BCUT2D eigenvalue weighted by Crippen LogP contribution is -2.39. The van der Waals surface area contributed by atoms with Crippen LogP contribution in [0, 0.1) is 11.6 Å². The molecule has 8 heteroatoms. The van der Waals surface area contributed by atoms with Crippen molar-refractivity contribution in [2.75, 3.05) is 13.1 Å². The molecule has 5 nitrogen and oxygen atoms in total. The highest BCUT2D eigenvalue weighted by Gasteiger charge is 2.14. The summed E-state index contributed by atoms with van der Waals surface area (Å²) in [5.74, 6) is -0.404. The first-order valence-electron chi connectivity index (χ1n) is 7.72. The molecular formula is C17H22F2IN3O2. The molecule has 0 fully saturated rings. The smallest absolute Gasteiger partial charge is 0.191 e. The summed E-state index contributed by atoms with van der Waals surface area (Å²) in [6, 6.07) is 6.37. The largest absolute Gasteiger partial charge is 0.467 e. The van der Waals surface area contributed by atoms with Crippen molar-refractivity contribution in [2.24, 2.45) is 4.99 Å². The Balaban J connectivity index is 0.00000312. The fourth-order valence-electron chi connectivity index (χ4n) is 2.20. The number of rotatable bonds is 6. The second kappa shape index (κ2) is 10.3. The third-order valence-electron chi connectivity index (χ3n) is 3.42. The van der Waals surface area contributed by atoms with E-state index in [1.807, 2.05) is 6.92 Å². The zero-order chi connectivity index (χ0) is 17.5. The van der Waals surface area contributed by atoms with Crippen LogP contribution in [0.5, 0.6) is 0 Å². The molecule has 2 atom stereocenters. The summed E-state index contributed by atoms with van der Waals surface area (Å²) in [5, 5.41) is 16.0.